The number of hydrogen-bond acceptors (Lipinski definition) is 5. The van der Waals surface area contributed by atoms with Crippen LogP contribution in [0.3, 0.4) is 0 Å². The number of hydrogen-bond donors (Lipinski definition) is 1. The molecule has 0 aliphatic heterocycles. The predicted molar refractivity (Wildman–Crippen MR) is 46.1 cm³/mol. The molecular weight excluding hydrogens is 172 g/mol. The Bertz CT molecular complexity index is 313. The van der Waals surface area contributed by atoms with Gasteiger partial charge in [-0.3, -0.25) is 0 Å². The van der Waals surface area contributed by atoms with Crippen LogP contribution >= 0.6 is 0 Å². The van der Waals surface area contributed by atoms with Crippen LogP contribution in [0.1, 0.15) is 20.8 Å². The Balaban J connectivity index is 2.70. The zero-order chi connectivity index (χ0) is 10.1. The fourth-order valence-corrected chi connectivity index (χ4v) is 0.673. The average Bonchev–Trinajstić information content (AvgIpc) is 2.31. The van der Waals surface area contributed by atoms with Crippen molar-refractivity contribution in [2.75, 3.05) is 5.73 Å². The third-order valence-corrected chi connectivity index (χ3v) is 1.09. The van der Waals surface area contributed by atoms with Crippen molar-refractivity contribution in [1.82, 2.24) is 14.8 Å². The first kappa shape index (κ1) is 9.50. The molecule has 0 fully saturated rings. The van der Waals surface area contributed by atoms with Gasteiger partial charge in [0.2, 0.25) is 5.95 Å². The molecule has 1 aromatic heterocycles. The molecule has 6 heteroatoms. The molecule has 1 aromatic rings. The van der Waals surface area contributed by atoms with E-state index in [4.69, 9.17) is 10.5 Å². The Kier molecular flexibility index (Phi) is 2.22. The highest BCUT2D eigenvalue weighted by molar-refractivity contribution is 5.69. The van der Waals surface area contributed by atoms with E-state index in [0.717, 1.165) is 4.68 Å². The molecular formula is C7H12N4O2. The lowest BCUT2D eigenvalue weighted by molar-refractivity contribution is 0.0514. The Morgan fingerprint density at radius 2 is 2.23 bits per heavy atom. The summed E-state index contributed by atoms with van der Waals surface area (Å²) in [6.45, 7) is 5.31. The van der Waals surface area contributed by atoms with Gasteiger partial charge in [0.1, 0.15) is 11.9 Å². The molecule has 0 spiro atoms. The number of ether oxygens (including phenoxy) is 1. The van der Waals surface area contributed by atoms with Crippen LogP contribution in [-0.2, 0) is 4.74 Å². The highest BCUT2D eigenvalue weighted by Gasteiger charge is 2.18. The van der Waals surface area contributed by atoms with Crippen LogP contribution in [0.2, 0.25) is 0 Å². The van der Waals surface area contributed by atoms with E-state index in [0.29, 0.717) is 0 Å². The van der Waals surface area contributed by atoms with E-state index in [-0.39, 0.29) is 5.95 Å². The first-order chi connectivity index (χ1) is 5.88. The van der Waals surface area contributed by atoms with Crippen LogP contribution in [0.4, 0.5) is 10.7 Å². The molecule has 0 aliphatic rings. The molecule has 0 atom stereocenters. The lowest BCUT2D eigenvalue weighted by Crippen LogP contribution is -2.27. The largest absolute Gasteiger partial charge is 0.442 e. The van der Waals surface area contributed by atoms with Gasteiger partial charge in [0.05, 0.1) is 0 Å². The second-order valence-electron chi connectivity index (χ2n) is 3.53. The number of aromatic nitrogens is 3. The average molecular weight is 184 g/mol. The summed E-state index contributed by atoms with van der Waals surface area (Å²) in [4.78, 5) is 14.9. The van der Waals surface area contributed by atoms with Gasteiger partial charge in [-0.25, -0.2) is 9.78 Å². The summed E-state index contributed by atoms with van der Waals surface area (Å²) < 4.78 is 5.96. The van der Waals surface area contributed by atoms with Crippen molar-refractivity contribution in [1.29, 1.82) is 0 Å². The van der Waals surface area contributed by atoms with Crippen molar-refractivity contribution in [3.05, 3.63) is 6.33 Å². The number of nitrogen functional groups attached to an aromatic ring is 1. The van der Waals surface area contributed by atoms with Crippen LogP contribution in [-0.4, -0.2) is 26.5 Å². The quantitative estimate of drug-likeness (QED) is 0.639. The first-order valence-electron chi connectivity index (χ1n) is 3.79. The minimum Gasteiger partial charge on any atom is -0.442 e. The second kappa shape index (κ2) is 3.04. The van der Waals surface area contributed by atoms with Gasteiger partial charge in [0.15, 0.2) is 0 Å². The molecule has 1 rings (SSSR count). The number of nitrogens with zero attached hydrogens (tertiary/aromatic N) is 3. The van der Waals surface area contributed by atoms with Crippen molar-refractivity contribution in [2.24, 2.45) is 0 Å². The van der Waals surface area contributed by atoms with Crippen molar-refractivity contribution < 1.29 is 9.53 Å². The lowest BCUT2D eigenvalue weighted by Gasteiger charge is -2.18. The lowest BCUT2D eigenvalue weighted by atomic mass is 10.2. The van der Waals surface area contributed by atoms with E-state index < -0.39 is 11.7 Å². The molecule has 0 unspecified atom stereocenters. The maximum Gasteiger partial charge on any atom is 0.436 e. The zero-order valence-corrected chi connectivity index (χ0v) is 7.81. The fraction of sp³-hybridized carbons (Fsp3) is 0.571. The normalized spacial score (nSPS) is 11.3. The maximum absolute atomic E-state index is 11.3. The van der Waals surface area contributed by atoms with Gasteiger partial charge >= 0.3 is 6.09 Å². The van der Waals surface area contributed by atoms with Crippen LogP contribution in [0.5, 0.6) is 0 Å². The third-order valence-electron chi connectivity index (χ3n) is 1.09. The van der Waals surface area contributed by atoms with Gasteiger partial charge in [0, 0.05) is 0 Å². The van der Waals surface area contributed by atoms with E-state index in [1.54, 1.807) is 20.8 Å². The molecule has 13 heavy (non-hydrogen) atoms. The molecule has 0 aromatic carbocycles. The number of anilines is 1. The smallest absolute Gasteiger partial charge is 0.436 e. The third kappa shape index (κ3) is 2.73. The van der Waals surface area contributed by atoms with Gasteiger partial charge in [0.25, 0.3) is 0 Å². The zero-order valence-electron chi connectivity index (χ0n) is 7.81. The van der Waals surface area contributed by atoms with Gasteiger partial charge < -0.3 is 10.5 Å². The van der Waals surface area contributed by atoms with Gasteiger partial charge in [-0.2, -0.15) is 4.68 Å². The molecule has 0 radical (unpaired) electrons. The summed E-state index contributed by atoms with van der Waals surface area (Å²) in [6.07, 6.45) is 0.625. The van der Waals surface area contributed by atoms with Gasteiger partial charge in [-0.1, -0.05) is 0 Å². The van der Waals surface area contributed by atoms with E-state index >= 15 is 0 Å². The SMILES string of the molecule is CC(C)(C)OC(=O)n1cnc(N)n1. The van der Waals surface area contributed by atoms with Gasteiger partial charge in [-0.05, 0) is 20.8 Å². The maximum atomic E-state index is 11.3. The van der Waals surface area contributed by atoms with Crippen molar-refractivity contribution in [3.8, 4) is 0 Å². The topological polar surface area (TPSA) is 83.0 Å². The number of rotatable bonds is 0. The monoisotopic (exact) mass is 184 g/mol. The van der Waals surface area contributed by atoms with Crippen LogP contribution in [0.25, 0.3) is 0 Å². The van der Waals surface area contributed by atoms with Crippen LogP contribution in [0, 0.1) is 0 Å². The van der Waals surface area contributed by atoms with Crippen molar-refractivity contribution in [2.45, 2.75) is 26.4 Å². The summed E-state index contributed by atoms with van der Waals surface area (Å²) in [6, 6.07) is 0. The molecule has 0 aliphatic carbocycles. The molecule has 2 N–H and O–H groups in total. The summed E-state index contributed by atoms with van der Waals surface area (Å²) in [5, 5.41) is 3.60. The predicted octanol–water partition coefficient (Wildman–Crippen LogP) is 0.644. The number of carbonyl (C=O) groups excluding carboxylic acids is 1. The number of nitrogens with two attached hydrogens (primary N) is 1. The first-order valence-corrected chi connectivity index (χ1v) is 3.79. The highest BCUT2D eigenvalue weighted by atomic mass is 16.6. The molecule has 72 valence electrons. The van der Waals surface area contributed by atoms with Crippen LogP contribution in [0.15, 0.2) is 6.33 Å². The van der Waals surface area contributed by atoms with Crippen LogP contribution < -0.4 is 5.73 Å². The molecule has 6 nitrogen and oxygen atoms in total. The van der Waals surface area contributed by atoms with E-state index in [2.05, 4.69) is 10.1 Å². The second-order valence-corrected chi connectivity index (χ2v) is 3.53. The van der Waals surface area contributed by atoms with Crippen molar-refractivity contribution >= 4 is 12.0 Å². The molecule has 0 bridgehead atoms. The Labute approximate surface area is 75.7 Å². The van der Waals surface area contributed by atoms with E-state index in [9.17, 15) is 4.79 Å². The minimum atomic E-state index is -0.586. The summed E-state index contributed by atoms with van der Waals surface area (Å²) in [5.74, 6) is 0.0471. The van der Waals surface area contributed by atoms with Crippen molar-refractivity contribution in [3.63, 3.8) is 0 Å². The van der Waals surface area contributed by atoms with E-state index in [1.165, 1.54) is 6.33 Å². The minimum absolute atomic E-state index is 0.0471. The van der Waals surface area contributed by atoms with E-state index in [1.807, 2.05) is 0 Å². The number of carbonyl (C=O) groups is 1. The Hall–Kier alpha value is -1.59. The van der Waals surface area contributed by atoms with Gasteiger partial charge in [-0.15, -0.1) is 5.10 Å². The molecule has 1 heterocycles. The Morgan fingerprint density at radius 3 is 2.62 bits per heavy atom. The summed E-state index contributed by atoms with van der Waals surface area (Å²) in [5.41, 5.74) is 4.69. The highest BCUT2D eigenvalue weighted by Crippen LogP contribution is 2.08. The molecule has 0 saturated carbocycles. The summed E-state index contributed by atoms with van der Waals surface area (Å²) in [7, 11) is 0. The fourth-order valence-electron chi connectivity index (χ4n) is 0.673. The Morgan fingerprint density at radius 1 is 1.62 bits per heavy atom. The standard InChI is InChI=1S/C7H12N4O2/c1-7(2,3)13-6(12)11-4-9-5(8)10-11/h4H,1-3H3,(H2,8,10). The summed E-state index contributed by atoms with van der Waals surface area (Å²) >= 11 is 0. The molecule has 0 saturated heterocycles. The molecule has 0 amide bonds.